The van der Waals surface area contributed by atoms with Gasteiger partial charge in [-0.2, -0.15) is 0 Å². The summed E-state index contributed by atoms with van der Waals surface area (Å²) in [7, 11) is 1.67. The van der Waals surface area contributed by atoms with Crippen molar-refractivity contribution in [2.45, 2.75) is 45.1 Å². The molecule has 27 heavy (non-hydrogen) atoms. The number of thioether (sulfide) groups is 1. The lowest BCUT2D eigenvalue weighted by Gasteiger charge is -2.31. The average Bonchev–Trinajstić information content (AvgIpc) is 3.01. The van der Waals surface area contributed by atoms with Crippen LogP contribution in [-0.2, 0) is 4.79 Å². The first-order valence-electron chi connectivity index (χ1n) is 9.57. The molecule has 3 aliphatic rings. The van der Waals surface area contributed by atoms with Gasteiger partial charge in [-0.25, -0.2) is 0 Å². The quantitative estimate of drug-likeness (QED) is 0.529. The molecule has 0 N–H and O–H groups in total. The molecule has 2 aliphatic heterocycles. The molecular weight excluding hydrogens is 376 g/mol. The van der Waals surface area contributed by atoms with E-state index in [4.69, 9.17) is 17.0 Å². The summed E-state index contributed by atoms with van der Waals surface area (Å²) < 4.78 is 6.05. The van der Waals surface area contributed by atoms with Gasteiger partial charge in [0.25, 0.3) is 5.91 Å². The molecule has 1 aliphatic carbocycles. The minimum absolute atomic E-state index is 0.0759. The SMILES string of the molecule is CCN1/C(=C2\SC(=S)N(C3CCCCC3)C2=O)C=Cc2cc(OC)ccc21. The van der Waals surface area contributed by atoms with Gasteiger partial charge in [0, 0.05) is 23.8 Å². The third kappa shape index (κ3) is 3.29. The van der Waals surface area contributed by atoms with Crippen molar-refractivity contribution in [2.75, 3.05) is 18.6 Å². The predicted octanol–water partition coefficient (Wildman–Crippen LogP) is 4.95. The lowest BCUT2D eigenvalue weighted by molar-refractivity contribution is -0.124. The van der Waals surface area contributed by atoms with E-state index in [0.717, 1.165) is 47.0 Å². The fourth-order valence-electron chi connectivity index (χ4n) is 4.15. The second-order valence-electron chi connectivity index (χ2n) is 7.05. The highest BCUT2D eigenvalue weighted by molar-refractivity contribution is 8.26. The van der Waals surface area contributed by atoms with Gasteiger partial charge in [-0.3, -0.25) is 9.69 Å². The van der Waals surface area contributed by atoms with Crippen LogP contribution in [0, 0.1) is 0 Å². The fourth-order valence-corrected chi connectivity index (χ4v) is 5.61. The van der Waals surface area contributed by atoms with Crippen molar-refractivity contribution in [3.05, 3.63) is 40.4 Å². The summed E-state index contributed by atoms with van der Waals surface area (Å²) in [4.78, 5) is 18.1. The molecule has 1 saturated heterocycles. The van der Waals surface area contributed by atoms with Crippen LogP contribution in [0.3, 0.4) is 0 Å². The van der Waals surface area contributed by atoms with Gasteiger partial charge < -0.3 is 9.64 Å². The Kier molecular flexibility index (Phi) is 5.28. The van der Waals surface area contributed by atoms with E-state index in [0.29, 0.717) is 4.32 Å². The molecule has 4 nitrogen and oxygen atoms in total. The molecule has 1 aromatic carbocycles. The Balaban J connectivity index is 1.70. The van der Waals surface area contributed by atoms with E-state index in [2.05, 4.69) is 24.0 Å². The van der Waals surface area contributed by atoms with Crippen LogP contribution < -0.4 is 9.64 Å². The van der Waals surface area contributed by atoms with Gasteiger partial charge in [0.1, 0.15) is 15.0 Å². The summed E-state index contributed by atoms with van der Waals surface area (Å²) in [6.45, 7) is 2.89. The Morgan fingerprint density at radius 2 is 2.00 bits per heavy atom. The van der Waals surface area contributed by atoms with E-state index in [-0.39, 0.29) is 11.9 Å². The maximum Gasteiger partial charge on any atom is 0.268 e. The van der Waals surface area contributed by atoms with Crippen LogP contribution in [-0.4, -0.2) is 34.8 Å². The number of ether oxygens (including phenoxy) is 1. The molecular formula is C21H24N2O2S2. The highest BCUT2D eigenvalue weighted by atomic mass is 32.2. The lowest BCUT2D eigenvalue weighted by Crippen LogP contribution is -2.40. The van der Waals surface area contributed by atoms with Crippen molar-refractivity contribution in [2.24, 2.45) is 0 Å². The molecule has 0 radical (unpaired) electrons. The van der Waals surface area contributed by atoms with Crippen LogP contribution in [0.4, 0.5) is 5.69 Å². The van der Waals surface area contributed by atoms with Crippen molar-refractivity contribution in [1.29, 1.82) is 0 Å². The maximum atomic E-state index is 13.3. The smallest absolute Gasteiger partial charge is 0.268 e. The van der Waals surface area contributed by atoms with Crippen LogP contribution in [0.2, 0.25) is 0 Å². The number of methoxy groups -OCH3 is 1. The first kappa shape index (κ1) is 18.6. The largest absolute Gasteiger partial charge is 0.497 e. The predicted molar refractivity (Wildman–Crippen MR) is 116 cm³/mol. The summed E-state index contributed by atoms with van der Waals surface area (Å²) in [6.07, 6.45) is 9.85. The Morgan fingerprint density at radius 1 is 1.22 bits per heavy atom. The zero-order chi connectivity index (χ0) is 19.0. The van der Waals surface area contributed by atoms with Crippen molar-refractivity contribution in [1.82, 2.24) is 4.90 Å². The molecule has 1 amide bonds. The monoisotopic (exact) mass is 400 g/mol. The number of hydrogen-bond donors (Lipinski definition) is 0. The van der Waals surface area contributed by atoms with E-state index < -0.39 is 0 Å². The standard InChI is InChI=1S/C21H24N2O2S2/c1-3-22-17-12-10-16(25-2)13-14(17)9-11-18(22)19-20(24)23(21(26)27-19)15-7-5-4-6-8-15/h9-13,15H,3-8H2,1-2H3/b19-18-. The summed E-state index contributed by atoms with van der Waals surface area (Å²) >= 11 is 7.06. The molecule has 1 aromatic rings. The number of carbonyl (C=O) groups excluding carboxylic acids is 1. The number of likely N-dealkylation sites (N-methyl/N-ethyl adjacent to an activating group) is 1. The van der Waals surface area contributed by atoms with Gasteiger partial charge in [0.15, 0.2) is 0 Å². The lowest BCUT2D eigenvalue weighted by atomic mass is 9.94. The highest BCUT2D eigenvalue weighted by Gasteiger charge is 2.40. The van der Waals surface area contributed by atoms with Gasteiger partial charge in [-0.15, -0.1) is 0 Å². The summed E-state index contributed by atoms with van der Waals surface area (Å²) in [6, 6.07) is 6.32. The number of fused-ring (bicyclic) bond motifs is 1. The number of benzene rings is 1. The van der Waals surface area contributed by atoms with Crippen molar-refractivity contribution in [3.8, 4) is 5.75 Å². The molecule has 2 heterocycles. The molecule has 0 unspecified atom stereocenters. The number of amides is 1. The molecule has 4 rings (SSSR count). The Bertz CT molecular complexity index is 841. The average molecular weight is 401 g/mol. The number of thiocarbonyl (C=S) groups is 1. The van der Waals surface area contributed by atoms with Gasteiger partial charge in [0.2, 0.25) is 0 Å². The summed E-state index contributed by atoms with van der Waals surface area (Å²) in [5.41, 5.74) is 3.15. The van der Waals surface area contributed by atoms with Crippen molar-refractivity contribution >= 4 is 46.0 Å². The molecule has 142 valence electrons. The summed E-state index contributed by atoms with van der Waals surface area (Å²) in [5.74, 6) is 0.911. The van der Waals surface area contributed by atoms with E-state index >= 15 is 0 Å². The van der Waals surface area contributed by atoms with Gasteiger partial charge >= 0.3 is 0 Å². The Morgan fingerprint density at radius 3 is 2.70 bits per heavy atom. The van der Waals surface area contributed by atoms with E-state index in [1.807, 2.05) is 23.1 Å². The third-order valence-corrected chi connectivity index (χ3v) is 6.93. The van der Waals surface area contributed by atoms with Gasteiger partial charge in [0.05, 0.1) is 12.8 Å². The van der Waals surface area contributed by atoms with Crippen molar-refractivity contribution < 1.29 is 9.53 Å². The zero-order valence-corrected chi connectivity index (χ0v) is 17.4. The normalized spacial score (nSPS) is 23.2. The number of allylic oxidation sites excluding steroid dienone is 1. The number of nitrogens with zero attached hydrogens (tertiary/aromatic N) is 2. The zero-order valence-electron chi connectivity index (χ0n) is 15.7. The van der Waals surface area contributed by atoms with E-state index in [1.54, 1.807) is 7.11 Å². The molecule has 0 spiro atoms. The van der Waals surface area contributed by atoms with Gasteiger partial charge in [-0.1, -0.05) is 49.3 Å². The number of rotatable bonds is 3. The highest BCUT2D eigenvalue weighted by Crippen LogP contribution is 2.42. The van der Waals surface area contributed by atoms with Crippen LogP contribution >= 0.6 is 24.0 Å². The summed E-state index contributed by atoms with van der Waals surface area (Å²) in [5, 5.41) is 0. The van der Waals surface area contributed by atoms with Gasteiger partial charge in [-0.05, 0) is 44.0 Å². The van der Waals surface area contributed by atoms with Crippen LogP contribution in [0.25, 0.3) is 6.08 Å². The van der Waals surface area contributed by atoms with Crippen LogP contribution in [0.5, 0.6) is 5.75 Å². The Hall–Kier alpha value is -1.79. The molecule has 0 aromatic heterocycles. The molecule has 1 saturated carbocycles. The number of carbonyl (C=O) groups is 1. The minimum Gasteiger partial charge on any atom is -0.497 e. The second kappa shape index (κ2) is 7.68. The minimum atomic E-state index is 0.0759. The van der Waals surface area contributed by atoms with E-state index in [9.17, 15) is 4.79 Å². The maximum absolute atomic E-state index is 13.3. The first-order chi connectivity index (χ1) is 13.1. The van der Waals surface area contributed by atoms with Crippen LogP contribution in [0.1, 0.15) is 44.6 Å². The first-order valence-corrected chi connectivity index (χ1v) is 10.8. The molecule has 2 fully saturated rings. The second-order valence-corrected chi connectivity index (χ2v) is 8.70. The van der Waals surface area contributed by atoms with Crippen LogP contribution in [0.15, 0.2) is 34.9 Å². The van der Waals surface area contributed by atoms with E-state index in [1.165, 1.54) is 31.0 Å². The fraction of sp³-hybridized carbons (Fsp3) is 0.429. The Labute approximate surface area is 170 Å². The molecule has 0 bridgehead atoms. The topological polar surface area (TPSA) is 32.8 Å². The molecule has 6 heteroatoms. The third-order valence-electron chi connectivity index (χ3n) is 5.52. The molecule has 0 atom stereocenters. The number of hydrogen-bond acceptors (Lipinski definition) is 5. The number of anilines is 1. The van der Waals surface area contributed by atoms with Crippen molar-refractivity contribution in [3.63, 3.8) is 0 Å².